The highest BCUT2D eigenvalue weighted by Crippen LogP contribution is 2.23. The van der Waals surface area contributed by atoms with Gasteiger partial charge in [-0.1, -0.05) is 24.3 Å². The van der Waals surface area contributed by atoms with Crippen LogP contribution in [0.1, 0.15) is 11.3 Å². The van der Waals surface area contributed by atoms with Crippen LogP contribution in [0.25, 0.3) is 22.2 Å². The number of aromatic nitrogens is 4. The van der Waals surface area contributed by atoms with E-state index in [-0.39, 0.29) is 5.69 Å². The van der Waals surface area contributed by atoms with Crippen LogP contribution in [-0.2, 0) is 6.42 Å². The van der Waals surface area contributed by atoms with Gasteiger partial charge < -0.3 is 9.72 Å². The highest BCUT2D eigenvalue weighted by Gasteiger charge is 2.07. The molecule has 1 N–H and O–H groups in total. The van der Waals surface area contributed by atoms with Gasteiger partial charge in [0.05, 0.1) is 7.11 Å². The van der Waals surface area contributed by atoms with Crippen LogP contribution >= 0.6 is 0 Å². The number of rotatable bonds is 4. The standard InChI is InChI=1S/C20H16N4O2/c1-26-18-8-7-15(12-22-18)14-5-2-4-13(10-14)11-17-16-6-3-9-21-19(16)24-20(25)23-17/h2-10,12H,11H2,1H3,(H,21,23,24,25). The van der Waals surface area contributed by atoms with Crippen LogP contribution < -0.4 is 10.4 Å². The predicted octanol–water partition coefficient (Wildman–Crippen LogP) is 2.98. The molecular weight excluding hydrogens is 328 g/mol. The molecule has 1 aromatic carbocycles. The van der Waals surface area contributed by atoms with Gasteiger partial charge in [0.1, 0.15) is 0 Å². The van der Waals surface area contributed by atoms with Crippen molar-refractivity contribution in [1.29, 1.82) is 0 Å². The maximum atomic E-state index is 11.8. The zero-order valence-electron chi connectivity index (χ0n) is 14.1. The number of nitrogens with one attached hydrogen (secondary N) is 1. The average molecular weight is 344 g/mol. The van der Waals surface area contributed by atoms with Gasteiger partial charge in [-0.05, 0) is 29.3 Å². The van der Waals surface area contributed by atoms with Crippen molar-refractivity contribution >= 4 is 11.0 Å². The van der Waals surface area contributed by atoms with Crippen LogP contribution in [0.4, 0.5) is 0 Å². The largest absolute Gasteiger partial charge is 0.481 e. The fourth-order valence-electron chi connectivity index (χ4n) is 2.92. The second-order valence-corrected chi connectivity index (χ2v) is 5.86. The molecule has 128 valence electrons. The van der Waals surface area contributed by atoms with Gasteiger partial charge in [0, 0.05) is 41.5 Å². The lowest BCUT2D eigenvalue weighted by Crippen LogP contribution is -2.14. The number of hydrogen-bond acceptors (Lipinski definition) is 5. The van der Waals surface area contributed by atoms with E-state index in [0.29, 0.717) is 17.9 Å². The molecule has 0 amide bonds. The molecule has 4 rings (SSSR count). The summed E-state index contributed by atoms with van der Waals surface area (Å²) in [7, 11) is 1.59. The Morgan fingerprint density at radius 2 is 1.96 bits per heavy atom. The highest BCUT2D eigenvalue weighted by atomic mass is 16.5. The minimum absolute atomic E-state index is 0.387. The van der Waals surface area contributed by atoms with E-state index in [0.717, 1.165) is 27.8 Å². The summed E-state index contributed by atoms with van der Waals surface area (Å²) >= 11 is 0. The molecule has 0 unspecified atom stereocenters. The molecule has 0 radical (unpaired) electrons. The predicted molar refractivity (Wildman–Crippen MR) is 99.2 cm³/mol. The first-order valence-electron chi connectivity index (χ1n) is 8.16. The molecule has 3 heterocycles. The number of benzene rings is 1. The van der Waals surface area contributed by atoms with Crippen molar-refractivity contribution in [3.05, 3.63) is 82.7 Å². The molecule has 0 saturated carbocycles. The lowest BCUT2D eigenvalue weighted by Gasteiger charge is -2.08. The molecule has 26 heavy (non-hydrogen) atoms. The van der Waals surface area contributed by atoms with E-state index < -0.39 is 0 Å². The van der Waals surface area contributed by atoms with E-state index in [1.807, 2.05) is 42.5 Å². The van der Waals surface area contributed by atoms with Crippen LogP contribution in [-0.4, -0.2) is 27.0 Å². The Kier molecular flexibility index (Phi) is 4.15. The van der Waals surface area contributed by atoms with Crippen LogP contribution in [0.5, 0.6) is 5.88 Å². The molecule has 0 saturated heterocycles. The summed E-state index contributed by atoms with van der Waals surface area (Å²) in [6.45, 7) is 0. The van der Waals surface area contributed by atoms with Crippen LogP contribution in [0.2, 0.25) is 0 Å². The molecule has 6 nitrogen and oxygen atoms in total. The van der Waals surface area contributed by atoms with E-state index in [2.05, 4.69) is 26.0 Å². The summed E-state index contributed by atoms with van der Waals surface area (Å²) in [6.07, 6.45) is 4.00. The maximum Gasteiger partial charge on any atom is 0.347 e. The number of fused-ring (bicyclic) bond motifs is 1. The summed E-state index contributed by atoms with van der Waals surface area (Å²) in [5, 5.41) is 0.851. The third-order valence-corrected chi connectivity index (χ3v) is 4.16. The SMILES string of the molecule is COc1ccc(-c2cccc(Cc3[nH]c(=O)nc4ncccc34)c2)cn1. The number of pyridine rings is 2. The van der Waals surface area contributed by atoms with Crippen molar-refractivity contribution in [3.63, 3.8) is 0 Å². The van der Waals surface area contributed by atoms with Crippen molar-refractivity contribution < 1.29 is 4.74 Å². The lowest BCUT2D eigenvalue weighted by molar-refractivity contribution is 0.398. The normalized spacial score (nSPS) is 10.8. The molecule has 0 aliphatic carbocycles. The second kappa shape index (κ2) is 6.76. The monoisotopic (exact) mass is 344 g/mol. The van der Waals surface area contributed by atoms with Gasteiger partial charge in [0.2, 0.25) is 5.88 Å². The fourth-order valence-corrected chi connectivity index (χ4v) is 2.92. The van der Waals surface area contributed by atoms with Crippen LogP contribution in [0, 0.1) is 0 Å². The van der Waals surface area contributed by atoms with Gasteiger partial charge in [0.25, 0.3) is 0 Å². The summed E-state index contributed by atoms with van der Waals surface area (Å²) in [6, 6.07) is 15.7. The summed E-state index contributed by atoms with van der Waals surface area (Å²) < 4.78 is 5.10. The molecule has 3 aromatic heterocycles. The van der Waals surface area contributed by atoms with Gasteiger partial charge in [-0.2, -0.15) is 4.98 Å². The Bertz CT molecular complexity index is 1120. The van der Waals surface area contributed by atoms with Crippen LogP contribution in [0.3, 0.4) is 0 Å². The molecule has 0 spiro atoms. The number of ether oxygens (including phenoxy) is 1. The third kappa shape index (κ3) is 3.17. The summed E-state index contributed by atoms with van der Waals surface area (Å²) in [5.41, 5.74) is 4.01. The number of hydrogen-bond donors (Lipinski definition) is 1. The first-order valence-corrected chi connectivity index (χ1v) is 8.16. The van der Waals surface area contributed by atoms with Crippen molar-refractivity contribution in [1.82, 2.24) is 19.9 Å². The molecule has 0 aliphatic rings. The lowest BCUT2D eigenvalue weighted by atomic mass is 10.0. The van der Waals surface area contributed by atoms with Gasteiger partial charge in [-0.3, -0.25) is 0 Å². The average Bonchev–Trinajstić information content (AvgIpc) is 2.68. The summed E-state index contributed by atoms with van der Waals surface area (Å²) in [5.74, 6) is 0.582. The van der Waals surface area contributed by atoms with Gasteiger partial charge in [0.15, 0.2) is 5.65 Å². The van der Waals surface area contributed by atoms with E-state index in [1.165, 1.54) is 0 Å². The Balaban J connectivity index is 1.70. The van der Waals surface area contributed by atoms with Crippen molar-refractivity contribution in [2.75, 3.05) is 7.11 Å². The van der Waals surface area contributed by atoms with E-state index in [1.54, 1.807) is 19.5 Å². The zero-order chi connectivity index (χ0) is 17.9. The molecule has 0 bridgehead atoms. The molecule has 6 heteroatoms. The van der Waals surface area contributed by atoms with Crippen molar-refractivity contribution in [2.45, 2.75) is 6.42 Å². The molecule has 4 aromatic rings. The Hall–Kier alpha value is -3.54. The van der Waals surface area contributed by atoms with E-state index >= 15 is 0 Å². The molecular formula is C20H16N4O2. The van der Waals surface area contributed by atoms with Crippen LogP contribution in [0.15, 0.2) is 65.7 Å². The first-order chi connectivity index (χ1) is 12.7. The smallest absolute Gasteiger partial charge is 0.347 e. The maximum absolute atomic E-state index is 11.8. The summed E-state index contributed by atoms with van der Waals surface area (Å²) in [4.78, 5) is 27.0. The third-order valence-electron chi connectivity index (χ3n) is 4.16. The molecule has 0 fully saturated rings. The molecule has 0 aliphatic heterocycles. The second-order valence-electron chi connectivity index (χ2n) is 5.86. The van der Waals surface area contributed by atoms with E-state index in [4.69, 9.17) is 4.74 Å². The fraction of sp³-hybridized carbons (Fsp3) is 0.100. The van der Waals surface area contributed by atoms with Crippen molar-refractivity contribution in [2.24, 2.45) is 0 Å². The highest BCUT2D eigenvalue weighted by molar-refractivity contribution is 5.77. The van der Waals surface area contributed by atoms with Gasteiger partial charge >= 0.3 is 5.69 Å². The number of H-pyrrole nitrogens is 1. The zero-order valence-corrected chi connectivity index (χ0v) is 14.1. The van der Waals surface area contributed by atoms with Gasteiger partial charge in [-0.25, -0.2) is 14.8 Å². The molecule has 0 atom stereocenters. The van der Waals surface area contributed by atoms with E-state index in [9.17, 15) is 4.79 Å². The minimum atomic E-state index is -0.387. The minimum Gasteiger partial charge on any atom is -0.481 e. The van der Waals surface area contributed by atoms with Crippen molar-refractivity contribution in [3.8, 4) is 17.0 Å². The Labute approximate surface area is 149 Å². The Morgan fingerprint density at radius 3 is 2.77 bits per heavy atom. The van der Waals surface area contributed by atoms with Gasteiger partial charge in [-0.15, -0.1) is 0 Å². The first kappa shape index (κ1) is 16.0. The topological polar surface area (TPSA) is 80.8 Å². The number of nitrogens with zero attached hydrogens (tertiary/aromatic N) is 3. The quantitative estimate of drug-likeness (QED) is 0.615. The number of methoxy groups -OCH3 is 1. The Morgan fingerprint density at radius 1 is 1.04 bits per heavy atom. The number of aromatic amines is 1.